The van der Waals surface area contributed by atoms with Crippen LogP contribution in [-0.2, 0) is 6.18 Å². The molecule has 1 amide bonds. The number of para-hydroxylation sites is 1. The number of carbonyl (C=O) groups is 1. The number of benzene rings is 2. The lowest BCUT2D eigenvalue weighted by molar-refractivity contribution is -0.137. The van der Waals surface area contributed by atoms with E-state index in [1.807, 2.05) is 6.07 Å². The van der Waals surface area contributed by atoms with Crippen molar-refractivity contribution in [3.63, 3.8) is 0 Å². The third-order valence-corrected chi connectivity index (χ3v) is 6.10. The second-order valence-corrected chi connectivity index (χ2v) is 8.38. The molecule has 2 aromatic carbocycles. The van der Waals surface area contributed by atoms with Crippen molar-refractivity contribution in [2.75, 3.05) is 44.2 Å². The van der Waals surface area contributed by atoms with E-state index in [1.165, 1.54) is 28.7 Å². The van der Waals surface area contributed by atoms with Crippen LogP contribution in [0.2, 0.25) is 0 Å². The van der Waals surface area contributed by atoms with Crippen molar-refractivity contribution < 1.29 is 18.0 Å². The molecule has 2 heterocycles. The van der Waals surface area contributed by atoms with Gasteiger partial charge in [-0.25, -0.2) is 4.68 Å². The molecule has 0 spiro atoms. The molecule has 1 saturated heterocycles. The van der Waals surface area contributed by atoms with Gasteiger partial charge in [0.15, 0.2) is 0 Å². The largest absolute Gasteiger partial charge is 0.416 e. The number of nitrogens with zero attached hydrogens (tertiary/aromatic N) is 4. The van der Waals surface area contributed by atoms with E-state index in [0.29, 0.717) is 17.8 Å². The highest BCUT2D eigenvalue weighted by molar-refractivity contribution is 5.95. The maximum absolute atomic E-state index is 13.0. The summed E-state index contributed by atoms with van der Waals surface area (Å²) in [4.78, 5) is 17.4. The van der Waals surface area contributed by atoms with E-state index in [9.17, 15) is 18.0 Å². The zero-order chi connectivity index (χ0) is 24.1. The first kappa shape index (κ1) is 23.8. The van der Waals surface area contributed by atoms with Crippen LogP contribution in [0, 0.1) is 6.92 Å². The maximum atomic E-state index is 13.0. The summed E-state index contributed by atoms with van der Waals surface area (Å²) in [5.41, 5.74) is 1.61. The fourth-order valence-corrected chi connectivity index (χ4v) is 4.18. The Morgan fingerprint density at radius 3 is 2.41 bits per heavy atom. The summed E-state index contributed by atoms with van der Waals surface area (Å²) < 4.78 is 40.4. The van der Waals surface area contributed by atoms with Crippen LogP contribution in [0.5, 0.6) is 0 Å². The maximum Gasteiger partial charge on any atom is 0.416 e. The van der Waals surface area contributed by atoms with Gasteiger partial charge < -0.3 is 10.2 Å². The number of hydrogen-bond acceptors (Lipinski definition) is 4. The van der Waals surface area contributed by atoms with Gasteiger partial charge in [0.25, 0.3) is 5.91 Å². The van der Waals surface area contributed by atoms with Crippen LogP contribution in [0.4, 0.5) is 18.9 Å². The highest BCUT2D eigenvalue weighted by Crippen LogP contribution is 2.30. The summed E-state index contributed by atoms with van der Waals surface area (Å²) in [6, 6.07) is 15.3. The first-order chi connectivity index (χ1) is 16.3. The van der Waals surface area contributed by atoms with E-state index in [4.69, 9.17) is 0 Å². The van der Waals surface area contributed by atoms with Crippen molar-refractivity contribution in [1.29, 1.82) is 0 Å². The Hall–Kier alpha value is -3.33. The van der Waals surface area contributed by atoms with Gasteiger partial charge >= 0.3 is 6.18 Å². The van der Waals surface area contributed by atoms with Crippen LogP contribution >= 0.6 is 0 Å². The van der Waals surface area contributed by atoms with Crippen molar-refractivity contribution in [3.8, 4) is 5.69 Å². The topological polar surface area (TPSA) is 53.4 Å². The quantitative estimate of drug-likeness (QED) is 0.527. The molecule has 1 fully saturated rings. The number of rotatable bonds is 7. The van der Waals surface area contributed by atoms with Crippen LogP contribution in [0.15, 0.2) is 60.8 Å². The third-order valence-electron chi connectivity index (χ3n) is 6.10. The molecular weight excluding hydrogens is 443 g/mol. The van der Waals surface area contributed by atoms with Crippen molar-refractivity contribution in [2.45, 2.75) is 19.5 Å². The second kappa shape index (κ2) is 10.3. The van der Waals surface area contributed by atoms with Gasteiger partial charge in [-0.15, -0.1) is 0 Å². The van der Waals surface area contributed by atoms with Crippen LogP contribution in [-0.4, -0.2) is 59.9 Å². The summed E-state index contributed by atoms with van der Waals surface area (Å²) >= 11 is 0. The Balaban J connectivity index is 1.25. The van der Waals surface area contributed by atoms with Crippen molar-refractivity contribution in [1.82, 2.24) is 20.0 Å². The molecule has 0 bridgehead atoms. The third kappa shape index (κ3) is 5.59. The van der Waals surface area contributed by atoms with E-state index in [1.54, 1.807) is 6.92 Å². The summed E-state index contributed by atoms with van der Waals surface area (Å²) in [5.74, 6) is -0.273. The Kier molecular flexibility index (Phi) is 7.21. The molecule has 1 aromatic heterocycles. The lowest BCUT2D eigenvalue weighted by Gasteiger charge is -2.36. The highest BCUT2D eigenvalue weighted by atomic mass is 19.4. The number of carbonyl (C=O) groups excluding carboxylic acids is 1. The van der Waals surface area contributed by atoms with Gasteiger partial charge in [-0.1, -0.05) is 24.3 Å². The molecule has 34 heavy (non-hydrogen) atoms. The molecule has 1 aliphatic rings. The minimum Gasteiger partial charge on any atom is -0.369 e. The predicted octanol–water partition coefficient (Wildman–Crippen LogP) is 4.14. The zero-order valence-electron chi connectivity index (χ0n) is 19.1. The van der Waals surface area contributed by atoms with E-state index in [-0.39, 0.29) is 11.6 Å². The molecule has 0 radical (unpaired) electrons. The lowest BCUT2D eigenvalue weighted by atomic mass is 10.2. The number of anilines is 1. The molecule has 3 aromatic rings. The Labute approximate surface area is 197 Å². The first-order valence-electron chi connectivity index (χ1n) is 11.4. The average molecular weight is 472 g/mol. The Morgan fingerprint density at radius 1 is 1.00 bits per heavy atom. The van der Waals surface area contributed by atoms with E-state index in [2.05, 4.69) is 44.5 Å². The van der Waals surface area contributed by atoms with Gasteiger partial charge in [-0.2, -0.15) is 18.3 Å². The molecule has 1 aliphatic heterocycles. The molecule has 9 heteroatoms. The van der Waals surface area contributed by atoms with Crippen LogP contribution < -0.4 is 10.2 Å². The van der Waals surface area contributed by atoms with E-state index >= 15 is 0 Å². The molecule has 180 valence electrons. The molecule has 1 N–H and O–H groups in total. The number of hydrogen-bond donors (Lipinski definition) is 1. The molecule has 0 saturated carbocycles. The van der Waals surface area contributed by atoms with Crippen molar-refractivity contribution in [3.05, 3.63) is 77.6 Å². The Morgan fingerprint density at radius 2 is 1.71 bits per heavy atom. The molecule has 0 unspecified atom stereocenters. The lowest BCUT2D eigenvalue weighted by Crippen LogP contribution is -2.47. The van der Waals surface area contributed by atoms with E-state index < -0.39 is 11.7 Å². The number of piperazine rings is 1. The van der Waals surface area contributed by atoms with Gasteiger partial charge in [0.05, 0.1) is 28.7 Å². The fraction of sp³-hybridized carbons (Fsp3) is 0.360. The normalized spacial score (nSPS) is 14.9. The van der Waals surface area contributed by atoms with Gasteiger partial charge in [0.1, 0.15) is 0 Å². The number of nitrogens with one attached hydrogen (secondary N) is 1. The Bertz CT molecular complexity index is 1110. The van der Waals surface area contributed by atoms with Gasteiger partial charge in [0, 0.05) is 38.4 Å². The molecule has 0 atom stereocenters. The molecular formula is C25H28F3N5O. The van der Waals surface area contributed by atoms with Gasteiger partial charge in [-0.3, -0.25) is 9.69 Å². The summed E-state index contributed by atoms with van der Waals surface area (Å²) in [7, 11) is 0. The fourth-order valence-electron chi connectivity index (χ4n) is 4.18. The monoisotopic (exact) mass is 471 g/mol. The van der Waals surface area contributed by atoms with Crippen LogP contribution in [0.25, 0.3) is 5.69 Å². The molecule has 4 rings (SSSR count). The molecule has 0 aliphatic carbocycles. The van der Waals surface area contributed by atoms with Crippen LogP contribution in [0.3, 0.4) is 0 Å². The number of amides is 1. The SMILES string of the molecule is Cc1c(C(=O)NCCCN2CCN(c3ccccc3)CC2)cnn1-c1cccc(C(F)(F)F)c1. The van der Waals surface area contributed by atoms with E-state index in [0.717, 1.165) is 51.3 Å². The number of halogens is 3. The first-order valence-corrected chi connectivity index (χ1v) is 11.4. The van der Waals surface area contributed by atoms with Gasteiger partial charge in [-0.05, 0) is 50.2 Å². The number of aromatic nitrogens is 2. The second-order valence-electron chi connectivity index (χ2n) is 8.38. The van der Waals surface area contributed by atoms with Crippen molar-refractivity contribution >= 4 is 11.6 Å². The standard InChI is InChI=1S/C25H28F3N5O/c1-19-23(18-30-33(19)22-10-5-7-20(17-22)25(26,27)28)24(34)29-11-6-12-31-13-15-32(16-14-31)21-8-3-2-4-9-21/h2-5,7-10,17-18H,6,11-16H2,1H3,(H,29,34). The highest BCUT2D eigenvalue weighted by Gasteiger charge is 2.30. The zero-order valence-corrected chi connectivity index (χ0v) is 19.1. The summed E-state index contributed by atoms with van der Waals surface area (Å²) in [5, 5.41) is 7.04. The predicted molar refractivity (Wildman–Crippen MR) is 125 cm³/mol. The minimum atomic E-state index is -4.44. The average Bonchev–Trinajstić information content (AvgIpc) is 3.23. The van der Waals surface area contributed by atoms with Gasteiger partial charge in [0.2, 0.25) is 0 Å². The minimum absolute atomic E-state index is 0.265. The van der Waals surface area contributed by atoms with Crippen LogP contribution in [0.1, 0.15) is 28.0 Å². The molecule has 6 nitrogen and oxygen atoms in total. The number of alkyl halides is 3. The van der Waals surface area contributed by atoms with Crippen molar-refractivity contribution in [2.24, 2.45) is 0 Å². The summed E-state index contributed by atoms with van der Waals surface area (Å²) in [6.45, 7) is 7.00. The smallest absolute Gasteiger partial charge is 0.369 e. The summed E-state index contributed by atoms with van der Waals surface area (Å²) in [6.07, 6.45) is -2.23.